The molecule has 0 fully saturated rings. The number of pyridine rings is 1. The Kier molecular flexibility index (Phi) is 4.53. The van der Waals surface area contributed by atoms with E-state index >= 15 is 0 Å². The molecule has 2 aromatic rings. The number of nitrogens with zero attached hydrogens (tertiary/aromatic N) is 1. The summed E-state index contributed by atoms with van der Waals surface area (Å²) in [5.41, 5.74) is 2.30. The molecule has 0 bridgehead atoms. The number of hydrogen-bond donors (Lipinski definition) is 1. The van der Waals surface area contributed by atoms with E-state index in [1.165, 1.54) is 5.56 Å². The summed E-state index contributed by atoms with van der Waals surface area (Å²) in [6.07, 6.45) is 5.65. The van der Waals surface area contributed by atoms with Crippen LogP contribution < -0.4 is 5.32 Å². The normalized spacial score (nSPS) is 12.6. The lowest BCUT2D eigenvalue weighted by Crippen LogP contribution is -2.21. The molecule has 0 amide bonds. The molecule has 0 saturated carbocycles. The first-order valence-corrected chi connectivity index (χ1v) is 6.48. The average Bonchev–Trinajstić information content (AvgIpc) is 2.89. The third-order valence-electron chi connectivity index (χ3n) is 3.05. The molecule has 0 aromatic carbocycles. The molecule has 3 heteroatoms. The summed E-state index contributed by atoms with van der Waals surface area (Å²) < 4.78 is 5.37. The van der Waals surface area contributed by atoms with Crippen LogP contribution in [0.2, 0.25) is 0 Å². The minimum Gasteiger partial charge on any atom is -0.469 e. The van der Waals surface area contributed by atoms with Gasteiger partial charge in [-0.2, -0.15) is 0 Å². The molecular weight excluding hydrogens is 224 g/mol. The summed E-state index contributed by atoms with van der Waals surface area (Å²) in [7, 11) is 0. The van der Waals surface area contributed by atoms with E-state index in [0.29, 0.717) is 6.04 Å². The van der Waals surface area contributed by atoms with Crippen molar-refractivity contribution < 1.29 is 4.42 Å². The lowest BCUT2D eigenvalue weighted by atomic mass is 10.0. The molecule has 0 aliphatic heterocycles. The molecule has 1 atom stereocenters. The summed E-state index contributed by atoms with van der Waals surface area (Å²) in [5, 5.41) is 3.50. The molecule has 0 aliphatic carbocycles. The van der Waals surface area contributed by atoms with Gasteiger partial charge in [-0.05, 0) is 43.7 Å². The van der Waals surface area contributed by atoms with Gasteiger partial charge in [0, 0.05) is 24.4 Å². The standard InChI is InChI=1S/C15H20N2O/c1-3-16-15(9-8-14-5-4-10-18-14)13-7-6-12(2)17-11-13/h4-7,10-11,15-16H,3,8-9H2,1-2H3. The monoisotopic (exact) mass is 244 g/mol. The van der Waals surface area contributed by atoms with E-state index in [9.17, 15) is 0 Å². The van der Waals surface area contributed by atoms with E-state index in [1.54, 1.807) is 6.26 Å². The van der Waals surface area contributed by atoms with Crippen LogP contribution in [-0.2, 0) is 6.42 Å². The quantitative estimate of drug-likeness (QED) is 0.847. The van der Waals surface area contributed by atoms with Crippen LogP contribution in [0.25, 0.3) is 0 Å². The van der Waals surface area contributed by atoms with Crippen molar-refractivity contribution in [3.8, 4) is 0 Å². The molecule has 96 valence electrons. The molecule has 0 radical (unpaired) electrons. The number of rotatable bonds is 6. The third-order valence-corrected chi connectivity index (χ3v) is 3.05. The van der Waals surface area contributed by atoms with Crippen molar-refractivity contribution in [3.05, 3.63) is 53.7 Å². The molecule has 18 heavy (non-hydrogen) atoms. The van der Waals surface area contributed by atoms with E-state index in [0.717, 1.165) is 30.8 Å². The van der Waals surface area contributed by atoms with Gasteiger partial charge in [0.05, 0.1) is 6.26 Å². The Morgan fingerprint density at radius 3 is 2.83 bits per heavy atom. The zero-order valence-corrected chi connectivity index (χ0v) is 11.0. The summed E-state index contributed by atoms with van der Waals surface area (Å²) in [4.78, 5) is 4.36. The van der Waals surface area contributed by atoms with Gasteiger partial charge in [-0.1, -0.05) is 13.0 Å². The molecule has 0 spiro atoms. The number of hydrogen-bond acceptors (Lipinski definition) is 3. The smallest absolute Gasteiger partial charge is 0.103 e. The zero-order chi connectivity index (χ0) is 12.8. The van der Waals surface area contributed by atoms with Crippen LogP contribution in [0.3, 0.4) is 0 Å². The summed E-state index contributed by atoms with van der Waals surface area (Å²) in [6, 6.07) is 8.51. The highest BCUT2D eigenvalue weighted by Crippen LogP contribution is 2.19. The van der Waals surface area contributed by atoms with Crippen LogP contribution in [0.5, 0.6) is 0 Å². The molecule has 2 heterocycles. The molecule has 1 unspecified atom stereocenters. The van der Waals surface area contributed by atoms with Crippen molar-refractivity contribution in [1.29, 1.82) is 0 Å². The Bertz CT molecular complexity index is 448. The molecule has 0 saturated heterocycles. The average molecular weight is 244 g/mol. The van der Waals surface area contributed by atoms with E-state index in [-0.39, 0.29) is 0 Å². The van der Waals surface area contributed by atoms with Gasteiger partial charge in [0.15, 0.2) is 0 Å². The highest BCUT2D eigenvalue weighted by atomic mass is 16.3. The lowest BCUT2D eigenvalue weighted by molar-refractivity contribution is 0.458. The van der Waals surface area contributed by atoms with Gasteiger partial charge in [0.2, 0.25) is 0 Å². The van der Waals surface area contributed by atoms with E-state index < -0.39 is 0 Å². The predicted octanol–water partition coefficient (Wildman–Crippen LogP) is 3.27. The maximum Gasteiger partial charge on any atom is 0.103 e. The summed E-state index contributed by atoms with van der Waals surface area (Å²) in [6.45, 7) is 5.09. The molecule has 3 nitrogen and oxygen atoms in total. The summed E-state index contributed by atoms with van der Waals surface area (Å²) >= 11 is 0. The molecule has 2 rings (SSSR count). The predicted molar refractivity (Wildman–Crippen MR) is 72.4 cm³/mol. The van der Waals surface area contributed by atoms with Crippen molar-refractivity contribution in [1.82, 2.24) is 10.3 Å². The van der Waals surface area contributed by atoms with Crippen LogP contribution in [0.15, 0.2) is 41.1 Å². The Morgan fingerprint density at radius 2 is 2.22 bits per heavy atom. The number of aryl methyl sites for hydroxylation is 2. The van der Waals surface area contributed by atoms with Gasteiger partial charge in [0.1, 0.15) is 5.76 Å². The fourth-order valence-electron chi connectivity index (χ4n) is 2.06. The second-order valence-electron chi connectivity index (χ2n) is 4.46. The first-order valence-electron chi connectivity index (χ1n) is 6.48. The van der Waals surface area contributed by atoms with Gasteiger partial charge >= 0.3 is 0 Å². The SMILES string of the molecule is CCNC(CCc1ccco1)c1ccc(C)nc1. The Morgan fingerprint density at radius 1 is 1.33 bits per heavy atom. The highest BCUT2D eigenvalue weighted by molar-refractivity contribution is 5.17. The molecule has 0 aliphatic rings. The van der Waals surface area contributed by atoms with Crippen molar-refractivity contribution in [2.75, 3.05) is 6.54 Å². The molecule has 1 N–H and O–H groups in total. The van der Waals surface area contributed by atoms with Crippen molar-refractivity contribution >= 4 is 0 Å². The van der Waals surface area contributed by atoms with Gasteiger partial charge in [-0.3, -0.25) is 4.98 Å². The van der Waals surface area contributed by atoms with E-state index in [2.05, 4.69) is 29.4 Å². The Labute approximate surface area is 108 Å². The third kappa shape index (κ3) is 3.44. The topological polar surface area (TPSA) is 38.1 Å². The minimum atomic E-state index is 0.341. The van der Waals surface area contributed by atoms with Crippen LogP contribution >= 0.6 is 0 Å². The van der Waals surface area contributed by atoms with Crippen LogP contribution in [0.4, 0.5) is 0 Å². The number of nitrogens with one attached hydrogen (secondary N) is 1. The lowest BCUT2D eigenvalue weighted by Gasteiger charge is -2.17. The molecule has 2 aromatic heterocycles. The number of aromatic nitrogens is 1. The fraction of sp³-hybridized carbons (Fsp3) is 0.400. The van der Waals surface area contributed by atoms with Crippen LogP contribution in [-0.4, -0.2) is 11.5 Å². The van der Waals surface area contributed by atoms with Crippen molar-refractivity contribution in [2.45, 2.75) is 32.7 Å². The van der Waals surface area contributed by atoms with E-state index in [1.807, 2.05) is 25.3 Å². The number of furan rings is 1. The Hall–Kier alpha value is -1.61. The maximum atomic E-state index is 5.37. The van der Waals surface area contributed by atoms with Gasteiger partial charge in [0.25, 0.3) is 0 Å². The van der Waals surface area contributed by atoms with Gasteiger partial charge in [-0.25, -0.2) is 0 Å². The van der Waals surface area contributed by atoms with Gasteiger partial charge in [-0.15, -0.1) is 0 Å². The second-order valence-corrected chi connectivity index (χ2v) is 4.46. The fourth-order valence-corrected chi connectivity index (χ4v) is 2.06. The molecular formula is C15H20N2O. The Balaban J connectivity index is 2.01. The van der Waals surface area contributed by atoms with Crippen LogP contribution in [0, 0.1) is 6.92 Å². The highest BCUT2D eigenvalue weighted by Gasteiger charge is 2.11. The zero-order valence-electron chi connectivity index (χ0n) is 11.0. The van der Waals surface area contributed by atoms with Crippen molar-refractivity contribution in [2.24, 2.45) is 0 Å². The maximum absolute atomic E-state index is 5.37. The van der Waals surface area contributed by atoms with E-state index in [4.69, 9.17) is 4.42 Å². The first-order chi connectivity index (χ1) is 8.79. The largest absolute Gasteiger partial charge is 0.469 e. The van der Waals surface area contributed by atoms with Gasteiger partial charge < -0.3 is 9.73 Å². The summed E-state index contributed by atoms with van der Waals surface area (Å²) in [5.74, 6) is 1.04. The van der Waals surface area contributed by atoms with Crippen LogP contribution in [0.1, 0.15) is 36.4 Å². The van der Waals surface area contributed by atoms with Crippen molar-refractivity contribution in [3.63, 3.8) is 0 Å². The second kappa shape index (κ2) is 6.36. The minimum absolute atomic E-state index is 0.341. The first kappa shape index (κ1) is 12.8.